The third kappa shape index (κ3) is 4.51. The predicted octanol–water partition coefficient (Wildman–Crippen LogP) is 3.07. The van der Waals surface area contributed by atoms with Crippen molar-refractivity contribution in [3.63, 3.8) is 0 Å². The summed E-state index contributed by atoms with van der Waals surface area (Å²) in [5, 5.41) is 4.68. The number of rotatable bonds is 3. The molecule has 1 amide bonds. The molecule has 0 atom stereocenters. The van der Waals surface area contributed by atoms with E-state index < -0.39 is 6.09 Å². The molecule has 0 aliphatic carbocycles. The number of benzene rings is 1. The number of hydrogen-bond donors (Lipinski definition) is 1. The van der Waals surface area contributed by atoms with Gasteiger partial charge >= 0.3 is 6.09 Å². The highest BCUT2D eigenvalue weighted by atomic mass is 35.5. The molecule has 0 saturated carbocycles. The lowest BCUT2D eigenvalue weighted by Gasteiger charge is -1.99. The highest BCUT2D eigenvalue weighted by molar-refractivity contribution is 6.35. The van der Waals surface area contributed by atoms with Crippen molar-refractivity contribution >= 4 is 35.5 Å². The van der Waals surface area contributed by atoms with Crippen LogP contribution in [0, 0.1) is 0 Å². The normalized spacial score (nSPS) is 10.4. The third-order valence-electron chi connectivity index (χ3n) is 1.53. The molecule has 0 unspecified atom stereocenters. The SMILES string of the molecule is CCOC(=O)N/N=C\c1cc(Cl)cc(Cl)c1. The van der Waals surface area contributed by atoms with Gasteiger partial charge in [0.15, 0.2) is 0 Å². The number of hydrazone groups is 1. The summed E-state index contributed by atoms with van der Waals surface area (Å²) in [6.07, 6.45) is 0.821. The summed E-state index contributed by atoms with van der Waals surface area (Å²) in [5.74, 6) is 0. The largest absolute Gasteiger partial charge is 0.449 e. The minimum absolute atomic E-state index is 0.296. The minimum atomic E-state index is -0.605. The number of amides is 1. The molecule has 0 aliphatic heterocycles. The molecule has 16 heavy (non-hydrogen) atoms. The second kappa shape index (κ2) is 6.35. The lowest BCUT2D eigenvalue weighted by Crippen LogP contribution is -2.18. The van der Waals surface area contributed by atoms with Crippen molar-refractivity contribution in [2.75, 3.05) is 6.61 Å². The molecule has 86 valence electrons. The molecule has 0 aromatic heterocycles. The Morgan fingerprint density at radius 1 is 1.44 bits per heavy atom. The molecule has 0 radical (unpaired) electrons. The maximum absolute atomic E-state index is 10.9. The summed E-state index contributed by atoms with van der Waals surface area (Å²) < 4.78 is 4.61. The summed E-state index contributed by atoms with van der Waals surface area (Å²) in [6, 6.07) is 4.95. The van der Waals surface area contributed by atoms with Gasteiger partial charge in [-0.25, -0.2) is 10.2 Å². The van der Waals surface area contributed by atoms with Gasteiger partial charge in [0, 0.05) is 10.0 Å². The first-order valence-corrected chi connectivity index (χ1v) is 5.29. The van der Waals surface area contributed by atoms with Crippen LogP contribution in [0.25, 0.3) is 0 Å². The van der Waals surface area contributed by atoms with E-state index >= 15 is 0 Å². The Balaban J connectivity index is 2.59. The van der Waals surface area contributed by atoms with Crippen LogP contribution in [0.4, 0.5) is 4.79 Å². The topological polar surface area (TPSA) is 50.7 Å². The van der Waals surface area contributed by atoms with E-state index in [0.717, 1.165) is 0 Å². The van der Waals surface area contributed by atoms with Gasteiger partial charge in [-0.05, 0) is 30.7 Å². The molecule has 0 bridgehead atoms. The fourth-order valence-corrected chi connectivity index (χ4v) is 1.52. The average molecular weight is 261 g/mol. The molecule has 1 aromatic rings. The van der Waals surface area contributed by atoms with Crippen LogP contribution in [0.1, 0.15) is 12.5 Å². The van der Waals surface area contributed by atoms with Crippen molar-refractivity contribution in [2.24, 2.45) is 5.10 Å². The number of halogens is 2. The Morgan fingerprint density at radius 3 is 2.62 bits per heavy atom. The van der Waals surface area contributed by atoms with Crippen LogP contribution in [0.3, 0.4) is 0 Å². The van der Waals surface area contributed by atoms with Crippen molar-refractivity contribution in [2.45, 2.75) is 6.92 Å². The monoisotopic (exact) mass is 260 g/mol. The van der Waals surface area contributed by atoms with E-state index in [4.69, 9.17) is 23.2 Å². The van der Waals surface area contributed by atoms with Gasteiger partial charge in [-0.1, -0.05) is 23.2 Å². The number of nitrogens with one attached hydrogen (secondary N) is 1. The van der Waals surface area contributed by atoms with Crippen LogP contribution < -0.4 is 5.43 Å². The van der Waals surface area contributed by atoms with Gasteiger partial charge in [-0.3, -0.25) is 0 Å². The summed E-state index contributed by atoms with van der Waals surface area (Å²) >= 11 is 11.6. The van der Waals surface area contributed by atoms with Crippen molar-refractivity contribution in [3.05, 3.63) is 33.8 Å². The fraction of sp³-hybridized carbons (Fsp3) is 0.200. The van der Waals surface area contributed by atoms with Crippen LogP contribution in [0.15, 0.2) is 23.3 Å². The molecule has 0 heterocycles. The molecule has 6 heteroatoms. The number of nitrogens with zero attached hydrogens (tertiary/aromatic N) is 1. The van der Waals surface area contributed by atoms with Crippen LogP contribution in [-0.2, 0) is 4.74 Å². The molecule has 0 saturated heterocycles. The molecular weight excluding hydrogens is 251 g/mol. The van der Waals surface area contributed by atoms with E-state index in [1.165, 1.54) is 6.21 Å². The summed E-state index contributed by atoms with van der Waals surface area (Å²) in [5.41, 5.74) is 2.88. The summed E-state index contributed by atoms with van der Waals surface area (Å²) in [7, 11) is 0. The zero-order chi connectivity index (χ0) is 12.0. The number of carbonyl (C=O) groups is 1. The zero-order valence-electron chi connectivity index (χ0n) is 8.54. The Hall–Kier alpha value is -1.26. The lowest BCUT2D eigenvalue weighted by molar-refractivity contribution is 0.152. The molecule has 4 nitrogen and oxygen atoms in total. The van der Waals surface area contributed by atoms with Gasteiger partial charge in [0.1, 0.15) is 0 Å². The van der Waals surface area contributed by atoms with Crippen molar-refractivity contribution in [1.82, 2.24) is 5.43 Å². The highest BCUT2D eigenvalue weighted by Crippen LogP contribution is 2.17. The first kappa shape index (κ1) is 12.8. The van der Waals surface area contributed by atoms with E-state index in [1.54, 1.807) is 25.1 Å². The van der Waals surface area contributed by atoms with E-state index in [1.807, 2.05) is 0 Å². The Labute approximate surface area is 103 Å². The van der Waals surface area contributed by atoms with Crippen molar-refractivity contribution in [1.29, 1.82) is 0 Å². The second-order valence-corrected chi connectivity index (χ2v) is 3.67. The Bertz CT molecular complexity index is 388. The zero-order valence-corrected chi connectivity index (χ0v) is 10.0. The number of hydrogen-bond acceptors (Lipinski definition) is 3. The Kier molecular flexibility index (Phi) is 5.08. The minimum Gasteiger partial charge on any atom is -0.449 e. The fourth-order valence-electron chi connectivity index (χ4n) is 0.973. The maximum Gasteiger partial charge on any atom is 0.427 e. The van der Waals surface area contributed by atoms with Gasteiger partial charge in [0.2, 0.25) is 0 Å². The third-order valence-corrected chi connectivity index (χ3v) is 1.97. The average Bonchev–Trinajstić information content (AvgIpc) is 2.16. The maximum atomic E-state index is 10.9. The quantitative estimate of drug-likeness (QED) is 0.671. The van der Waals surface area contributed by atoms with Gasteiger partial charge in [-0.2, -0.15) is 5.10 Å². The van der Waals surface area contributed by atoms with Crippen molar-refractivity contribution < 1.29 is 9.53 Å². The molecule has 1 rings (SSSR count). The predicted molar refractivity (Wildman–Crippen MR) is 64.2 cm³/mol. The Morgan fingerprint density at radius 2 is 2.06 bits per heavy atom. The van der Waals surface area contributed by atoms with E-state index in [2.05, 4.69) is 15.3 Å². The van der Waals surface area contributed by atoms with Crippen LogP contribution >= 0.6 is 23.2 Å². The summed E-state index contributed by atoms with van der Waals surface area (Å²) in [6.45, 7) is 2.00. The summed E-state index contributed by atoms with van der Waals surface area (Å²) in [4.78, 5) is 10.9. The number of carbonyl (C=O) groups excluding carboxylic acids is 1. The van der Waals surface area contributed by atoms with Gasteiger partial charge < -0.3 is 4.74 Å². The second-order valence-electron chi connectivity index (χ2n) is 2.79. The lowest BCUT2D eigenvalue weighted by atomic mass is 10.2. The van der Waals surface area contributed by atoms with Crippen LogP contribution in [-0.4, -0.2) is 18.9 Å². The van der Waals surface area contributed by atoms with Crippen molar-refractivity contribution in [3.8, 4) is 0 Å². The van der Waals surface area contributed by atoms with E-state index in [0.29, 0.717) is 22.2 Å². The standard InChI is InChI=1S/C10H10Cl2N2O2/c1-2-16-10(15)14-13-6-7-3-8(11)5-9(12)4-7/h3-6H,2H2,1H3,(H,14,15)/b13-6-. The van der Waals surface area contributed by atoms with Gasteiger partial charge in [0.25, 0.3) is 0 Å². The molecule has 0 aliphatic rings. The van der Waals surface area contributed by atoms with Crippen LogP contribution in [0.2, 0.25) is 10.0 Å². The first-order valence-electron chi connectivity index (χ1n) is 4.53. The van der Waals surface area contributed by atoms with Gasteiger partial charge in [-0.15, -0.1) is 0 Å². The molecule has 1 aromatic carbocycles. The smallest absolute Gasteiger partial charge is 0.427 e. The molecule has 1 N–H and O–H groups in total. The van der Waals surface area contributed by atoms with E-state index in [9.17, 15) is 4.79 Å². The first-order chi connectivity index (χ1) is 7.61. The van der Waals surface area contributed by atoms with Crippen LogP contribution in [0.5, 0.6) is 0 Å². The molecule has 0 spiro atoms. The molecular formula is C10H10Cl2N2O2. The highest BCUT2D eigenvalue weighted by Gasteiger charge is 1.97. The number of ether oxygens (including phenoxy) is 1. The van der Waals surface area contributed by atoms with Gasteiger partial charge in [0.05, 0.1) is 12.8 Å². The van der Waals surface area contributed by atoms with E-state index in [-0.39, 0.29) is 0 Å². The molecule has 0 fully saturated rings.